The smallest absolute Gasteiger partial charge is 0.273 e. The molecular weight excluding hydrogens is 292 g/mol. The van der Waals surface area contributed by atoms with Gasteiger partial charge in [0.25, 0.3) is 5.91 Å². The van der Waals surface area contributed by atoms with E-state index in [4.69, 9.17) is 5.73 Å². The third kappa shape index (κ3) is 3.03. The van der Waals surface area contributed by atoms with Crippen LogP contribution in [0.3, 0.4) is 0 Å². The van der Waals surface area contributed by atoms with Gasteiger partial charge in [-0.2, -0.15) is 0 Å². The van der Waals surface area contributed by atoms with Gasteiger partial charge in [0.15, 0.2) is 0 Å². The molecule has 1 aromatic heterocycles. The van der Waals surface area contributed by atoms with Crippen molar-refractivity contribution in [1.82, 2.24) is 14.9 Å². The number of aliphatic hydroxyl groups excluding tert-OH is 1. The van der Waals surface area contributed by atoms with Crippen molar-refractivity contribution in [3.8, 4) is 0 Å². The number of β-amino-alcohol motifs (C(OH)–C–C–N with tert-alkyl or cyclic N) is 1. The van der Waals surface area contributed by atoms with Gasteiger partial charge < -0.3 is 15.7 Å². The van der Waals surface area contributed by atoms with Crippen molar-refractivity contribution in [1.29, 1.82) is 0 Å². The monoisotopic (exact) mass is 312 g/mol. The summed E-state index contributed by atoms with van der Waals surface area (Å²) in [5, 5.41) is 10.3. The van der Waals surface area contributed by atoms with Crippen LogP contribution in [-0.2, 0) is 6.54 Å². The lowest BCUT2D eigenvalue weighted by atomic mass is 9.97. The maximum atomic E-state index is 12.8. The predicted molar refractivity (Wildman–Crippen MR) is 86.7 cm³/mol. The standard InChI is InChI=1S/C17H20N4O2/c1-10(2)13-7-14(20-17(18)19-13)16(23)21-8-11-5-3-4-6-12(11)15(22)9-21/h3-7,10,15,22H,8-9H2,1-2H3,(H2,18,19,20). The highest BCUT2D eigenvalue weighted by molar-refractivity contribution is 5.92. The van der Waals surface area contributed by atoms with E-state index in [-0.39, 0.29) is 30.0 Å². The molecular formula is C17H20N4O2. The fraction of sp³-hybridized carbons (Fsp3) is 0.353. The minimum Gasteiger partial charge on any atom is -0.387 e. The fourth-order valence-corrected chi connectivity index (χ4v) is 2.79. The van der Waals surface area contributed by atoms with E-state index in [0.29, 0.717) is 6.54 Å². The number of carbonyl (C=O) groups excluding carboxylic acids is 1. The quantitative estimate of drug-likeness (QED) is 0.883. The van der Waals surface area contributed by atoms with Crippen molar-refractivity contribution in [3.05, 3.63) is 52.8 Å². The SMILES string of the molecule is CC(C)c1cc(C(=O)N2Cc3ccccc3C(O)C2)nc(N)n1. The van der Waals surface area contributed by atoms with Crippen LogP contribution in [-0.4, -0.2) is 32.4 Å². The molecule has 6 nitrogen and oxygen atoms in total. The van der Waals surface area contributed by atoms with E-state index in [9.17, 15) is 9.90 Å². The summed E-state index contributed by atoms with van der Waals surface area (Å²) in [6.07, 6.45) is -0.687. The first kappa shape index (κ1) is 15.4. The molecule has 2 heterocycles. The zero-order valence-electron chi connectivity index (χ0n) is 13.2. The van der Waals surface area contributed by atoms with E-state index in [0.717, 1.165) is 16.8 Å². The Kier molecular flexibility index (Phi) is 4.00. The molecule has 3 rings (SSSR count). The number of amides is 1. The van der Waals surface area contributed by atoms with Gasteiger partial charge in [0.1, 0.15) is 5.69 Å². The highest BCUT2D eigenvalue weighted by Gasteiger charge is 2.28. The Morgan fingerprint density at radius 3 is 2.83 bits per heavy atom. The predicted octanol–water partition coefficient (Wildman–Crippen LogP) is 1.87. The summed E-state index contributed by atoms with van der Waals surface area (Å²) < 4.78 is 0. The van der Waals surface area contributed by atoms with E-state index >= 15 is 0 Å². The molecule has 0 bridgehead atoms. The average Bonchev–Trinajstić information content (AvgIpc) is 2.53. The third-order valence-corrected chi connectivity index (χ3v) is 4.03. The van der Waals surface area contributed by atoms with Crippen LogP contribution in [0, 0.1) is 0 Å². The average molecular weight is 312 g/mol. The molecule has 0 saturated carbocycles. The zero-order valence-corrected chi connectivity index (χ0v) is 13.2. The fourth-order valence-electron chi connectivity index (χ4n) is 2.79. The molecule has 120 valence electrons. The lowest BCUT2D eigenvalue weighted by Gasteiger charge is -2.32. The van der Waals surface area contributed by atoms with Crippen LogP contribution in [0.1, 0.15) is 53.2 Å². The Morgan fingerprint density at radius 1 is 1.35 bits per heavy atom. The van der Waals surface area contributed by atoms with Gasteiger partial charge in [-0.15, -0.1) is 0 Å². The van der Waals surface area contributed by atoms with Crippen LogP contribution in [0.5, 0.6) is 0 Å². The molecule has 1 unspecified atom stereocenters. The molecule has 23 heavy (non-hydrogen) atoms. The molecule has 1 amide bonds. The first-order chi connectivity index (χ1) is 11.0. The Bertz CT molecular complexity index is 745. The summed E-state index contributed by atoms with van der Waals surface area (Å²) in [6, 6.07) is 9.28. The van der Waals surface area contributed by atoms with Crippen LogP contribution in [0.25, 0.3) is 0 Å². The van der Waals surface area contributed by atoms with Crippen molar-refractivity contribution in [3.63, 3.8) is 0 Å². The van der Waals surface area contributed by atoms with Crippen molar-refractivity contribution in [2.24, 2.45) is 0 Å². The second kappa shape index (κ2) is 5.96. The summed E-state index contributed by atoms with van der Waals surface area (Å²) in [6.45, 7) is 4.66. The van der Waals surface area contributed by atoms with E-state index in [2.05, 4.69) is 9.97 Å². The number of carbonyl (C=O) groups is 1. The van der Waals surface area contributed by atoms with E-state index in [1.807, 2.05) is 38.1 Å². The molecule has 0 saturated heterocycles. The van der Waals surface area contributed by atoms with Gasteiger partial charge in [-0.3, -0.25) is 4.79 Å². The molecule has 0 fully saturated rings. The molecule has 0 spiro atoms. The molecule has 1 aromatic carbocycles. The highest BCUT2D eigenvalue weighted by Crippen LogP contribution is 2.27. The van der Waals surface area contributed by atoms with E-state index < -0.39 is 6.10 Å². The van der Waals surface area contributed by atoms with Gasteiger partial charge in [-0.25, -0.2) is 9.97 Å². The molecule has 1 aliphatic heterocycles. The van der Waals surface area contributed by atoms with Gasteiger partial charge in [-0.1, -0.05) is 38.1 Å². The number of aromatic nitrogens is 2. The zero-order chi connectivity index (χ0) is 16.6. The van der Waals surface area contributed by atoms with E-state index in [1.165, 1.54) is 0 Å². The highest BCUT2D eigenvalue weighted by atomic mass is 16.3. The number of nitrogen functional groups attached to an aromatic ring is 1. The van der Waals surface area contributed by atoms with Crippen molar-refractivity contribution in [2.75, 3.05) is 12.3 Å². The van der Waals surface area contributed by atoms with Gasteiger partial charge in [0.05, 0.1) is 12.6 Å². The summed E-state index contributed by atoms with van der Waals surface area (Å²) in [5.74, 6) is 0.00610. The molecule has 3 N–H and O–H groups in total. The Labute approximate surface area is 135 Å². The largest absolute Gasteiger partial charge is 0.387 e. The topological polar surface area (TPSA) is 92.3 Å². The third-order valence-electron chi connectivity index (χ3n) is 4.03. The molecule has 1 aliphatic rings. The number of nitrogens with two attached hydrogens (primary N) is 1. The normalized spacial score (nSPS) is 17.2. The van der Waals surface area contributed by atoms with Gasteiger partial charge >= 0.3 is 0 Å². The van der Waals surface area contributed by atoms with Gasteiger partial charge in [-0.05, 0) is 23.1 Å². The number of nitrogens with zero attached hydrogens (tertiary/aromatic N) is 3. The van der Waals surface area contributed by atoms with Crippen LogP contribution >= 0.6 is 0 Å². The number of anilines is 1. The van der Waals surface area contributed by atoms with Crippen molar-refractivity contribution in [2.45, 2.75) is 32.4 Å². The molecule has 2 aromatic rings. The summed E-state index contributed by atoms with van der Waals surface area (Å²) in [7, 11) is 0. The van der Waals surface area contributed by atoms with Crippen LogP contribution in [0.2, 0.25) is 0 Å². The number of hydrogen-bond donors (Lipinski definition) is 2. The second-order valence-electron chi connectivity index (χ2n) is 6.09. The molecule has 0 aliphatic carbocycles. The summed E-state index contributed by atoms with van der Waals surface area (Å²) in [4.78, 5) is 22.6. The van der Waals surface area contributed by atoms with E-state index in [1.54, 1.807) is 11.0 Å². The Morgan fingerprint density at radius 2 is 2.09 bits per heavy atom. The number of benzene rings is 1. The van der Waals surface area contributed by atoms with Crippen LogP contribution < -0.4 is 5.73 Å². The number of hydrogen-bond acceptors (Lipinski definition) is 5. The second-order valence-corrected chi connectivity index (χ2v) is 6.09. The maximum absolute atomic E-state index is 12.8. The van der Waals surface area contributed by atoms with Gasteiger partial charge in [0, 0.05) is 12.2 Å². The summed E-state index contributed by atoms with van der Waals surface area (Å²) >= 11 is 0. The van der Waals surface area contributed by atoms with Crippen molar-refractivity contribution >= 4 is 11.9 Å². The van der Waals surface area contributed by atoms with Crippen LogP contribution in [0.4, 0.5) is 5.95 Å². The number of fused-ring (bicyclic) bond motifs is 1. The van der Waals surface area contributed by atoms with Crippen molar-refractivity contribution < 1.29 is 9.90 Å². The Hall–Kier alpha value is -2.47. The lowest BCUT2D eigenvalue weighted by molar-refractivity contribution is 0.0544. The molecule has 6 heteroatoms. The number of aliphatic hydroxyl groups is 1. The Balaban J connectivity index is 1.90. The molecule has 0 radical (unpaired) electrons. The van der Waals surface area contributed by atoms with Gasteiger partial charge in [0.2, 0.25) is 5.95 Å². The minimum atomic E-state index is -0.687. The summed E-state index contributed by atoms with van der Waals surface area (Å²) in [5.41, 5.74) is 8.56. The maximum Gasteiger partial charge on any atom is 0.273 e. The minimum absolute atomic E-state index is 0.0949. The lowest BCUT2D eigenvalue weighted by Crippen LogP contribution is -2.38. The number of rotatable bonds is 2. The first-order valence-corrected chi connectivity index (χ1v) is 7.65. The van der Waals surface area contributed by atoms with Crippen LogP contribution in [0.15, 0.2) is 30.3 Å². The molecule has 1 atom stereocenters. The first-order valence-electron chi connectivity index (χ1n) is 7.65.